The first kappa shape index (κ1) is 17.9. The highest BCUT2D eigenvalue weighted by Gasteiger charge is 2.28. The number of para-hydroxylation sites is 1. The number of alkyl halides is 3. The molecule has 1 N–H and O–H groups in total. The zero-order chi connectivity index (χ0) is 18.6. The van der Waals surface area contributed by atoms with Crippen LogP contribution in [-0.2, 0) is 6.42 Å². The normalized spacial score (nSPS) is 11.5. The summed E-state index contributed by atoms with van der Waals surface area (Å²) in [5.74, 6) is 0.276. The number of hydrogen-bond acceptors (Lipinski definition) is 4. The number of fused-ring (bicyclic) bond motifs is 1. The van der Waals surface area contributed by atoms with Crippen LogP contribution in [0.2, 0.25) is 0 Å². The quantitative estimate of drug-likeness (QED) is 0.659. The highest BCUT2D eigenvalue weighted by molar-refractivity contribution is 5.89. The van der Waals surface area contributed by atoms with Gasteiger partial charge in [-0.05, 0) is 36.2 Å². The average molecular weight is 365 g/mol. The van der Waals surface area contributed by atoms with Gasteiger partial charge < -0.3 is 10.1 Å². The molecular weight excluding hydrogens is 350 g/mol. The molecule has 26 heavy (non-hydrogen) atoms. The molecule has 3 rings (SSSR count). The summed E-state index contributed by atoms with van der Waals surface area (Å²) < 4.78 is 54.7. The zero-order valence-electron chi connectivity index (χ0n) is 13.6. The van der Waals surface area contributed by atoms with Crippen molar-refractivity contribution in [2.24, 2.45) is 0 Å². The summed E-state index contributed by atoms with van der Waals surface area (Å²) in [7, 11) is 0. The number of halogens is 4. The molecule has 3 aromatic rings. The topological polar surface area (TPSA) is 47.0 Å². The molecule has 0 radical (unpaired) electrons. The summed E-state index contributed by atoms with van der Waals surface area (Å²) in [6.45, 7) is -0.795. The molecule has 0 fully saturated rings. The summed E-state index contributed by atoms with van der Waals surface area (Å²) in [5, 5.41) is 3.71. The van der Waals surface area contributed by atoms with Gasteiger partial charge in [-0.15, -0.1) is 0 Å². The van der Waals surface area contributed by atoms with Crippen molar-refractivity contribution >= 4 is 16.7 Å². The van der Waals surface area contributed by atoms with Crippen molar-refractivity contribution in [3.63, 3.8) is 0 Å². The lowest BCUT2D eigenvalue weighted by Crippen LogP contribution is -2.19. The van der Waals surface area contributed by atoms with E-state index in [2.05, 4.69) is 20.0 Å². The van der Waals surface area contributed by atoms with Gasteiger partial charge in [-0.3, -0.25) is 0 Å². The van der Waals surface area contributed by atoms with Crippen LogP contribution in [0, 0.1) is 5.82 Å². The Kier molecular flexibility index (Phi) is 5.20. The molecule has 8 heteroatoms. The monoisotopic (exact) mass is 365 g/mol. The van der Waals surface area contributed by atoms with Gasteiger partial charge in [0.15, 0.2) is 6.61 Å². The number of nitrogens with zero attached hydrogens (tertiary/aromatic N) is 2. The summed E-state index contributed by atoms with van der Waals surface area (Å²) in [5.41, 5.74) is 1.16. The van der Waals surface area contributed by atoms with E-state index in [9.17, 15) is 17.6 Å². The summed E-state index contributed by atoms with van der Waals surface area (Å²) >= 11 is 0. The molecular formula is C18H15F4N3O. The molecule has 0 aliphatic carbocycles. The minimum atomic E-state index is -4.36. The van der Waals surface area contributed by atoms with Crippen molar-refractivity contribution in [2.45, 2.75) is 12.6 Å². The van der Waals surface area contributed by atoms with Crippen LogP contribution in [0.3, 0.4) is 0 Å². The number of hydrogen-bond donors (Lipinski definition) is 1. The summed E-state index contributed by atoms with van der Waals surface area (Å²) in [4.78, 5) is 8.06. The van der Waals surface area contributed by atoms with Gasteiger partial charge in [-0.25, -0.2) is 14.4 Å². The van der Waals surface area contributed by atoms with E-state index < -0.39 is 18.6 Å². The van der Waals surface area contributed by atoms with Crippen LogP contribution in [0.25, 0.3) is 10.9 Å². The minimum Gasteiger partial charge on any atom is -0.484 e. The summed E-state index contributed by atoms with van der Waals surface area (Å²) in [6.07, 6.45) is -2.46. The number of anilines is 1. The lowest BCUT2D eigenvalue weighted by Gasteiger charge is -2.10. The Labute approximate surface area is 146 Å². The molecule has 0 atom stereocenters. The van der Waals surface area contributed by atoms with Crippen molar-refractivity contribution in [1.29, 1.82) is 0 Å². The van der Waals surface area contributed by atoms with Gasteiger partial charge in [0.25, 0.3) is 0 Å². The Morgan fingerprint density at radius 1 is 1.00 bits per heavy atom. The van der Waals surface area contributed by atoms with Gasteiger partial charge in [0.2, 0.25) is 0 Å². The second-order valence-corrected chi connectivity index (χ2v) is 5.58. The van der Waals surface area contributed by atoms with Crippen LogP contribution in [0.5, 0.6) is 5.75 Å². The predicted molar refractivity (Wildman–Crippen MR) is 89.7 cm³/mol. The largest absolute Gasteiger partial charge is 0.484 e. The van der Waals surface area contributed by atoms with Crippen LogP contribution in [0.15, 0.2) is 48.8 Å². The lowest BCUT2D eigenvalue weighted by atomic mass is 10.1. The maximum absolute atomic E-state index is 13.7. The maximum atomic E-state index is 13.7. The minimum absolute atomic E-state index is 0.163. The number of benzene rings is 2. The van der Waals surface area contributed by atoms with E-state index >= 15 is 0 Å². The van der Waals surface area contributed by atoms with Crippen LogP contribution in [0.4, 0.5) is 23.4 Å². The summed E-state index contributed by atoms with van der Waals surface area (Å²) in [6, 6.07) is 11.0. The Morgan fingerprint density at radius 2 is 1.77 bits per heavy atom. The molecule has 0 spiro atoms. The highest BCUT2D eigenvalue weighted by Crippen LogP contribution is 2.22. The van der Waals surface area contributed by atoms with Gasteiger partial charge in [-0.1, -0.05) is 18.2 Å². The Bertz CT molecular complexity index is 882. The standard InChI is InChI=1S/C18H15F4N3O/c19-15-3-1-2-14-16(15)24-11-25-17(14)23-9-8-12-4-6-13(7-5-12)26-10-18(20,21)22/h1-7,11H,8-10H2,(H,23,24,25). The van der Waals surface area contributed by atoms with E-state index in [-0.39, 0.29) is 11.3 Å². The smallest absolute Gasteiger partial charge is 0.422 e. The second-order valence-electron chi connectivity index (χ2n) is 5.58. The van der Waals surface area contributed by atoms with E-state index in [1.807, 2.05) is 0 Å². The third-order valence-electron chi connectivity index (χ3n) is 3.65. The molecule has 136 valence electrons. The van der Waals surface area contributed by atoms with Gasteiger partial charge in [0.05, 0.1) is 0 Å². The number of aromatic nitrogens is 2. The number of ether oxygens (including phenoxy) is 1. The van der Waals surface area contributed by atoms with Crippen LogP contribution >= 0.6 is 0 Å². The molecule has 1 aromatic heterocycles. The average Bonchev–Trinajstić information content (AvgIpc) is 2.61. The molecule has 1 heterocycles. The SMILES string of the molecule is Fc1cccc2c(NCCc3ccc(OCC(F)(F)F)cc3)ncnc12. The van der Waals surface area contributed by atoms with Gasteiger partial charge >= 0.3 is 6.18 Å². The Balaban J connectivity index is 1.58. The molecule has 0 amide bonds. The zero-order valence-corrected chi connectivity index (χ0v) is 13.6. The third-order valence-corrected chi connectivity index (χ3v) is 3.65. The predicted octanol–water partition coefficient (Wildman–Crippen LogP) is 4.36. The number of nitrogens with one attached hydrogen (secondary N) is 1. The van der Waals surface area contributed by atoms with Crippen molar-refractivity contribution in [3.8, 4) is 5.75 Å². The van der Waals surface area contributed by atoms with E-state index in [1.165, 1.54) is 24.5 Å². The lowest BCUT2D eigenvalue weighted by molar-refractivity contribution is -0.153. The fraction of sp³-hybridized carbons (Fsp3) is 0.222. The molecule has 0 bridgehead atoms. The van der Waals surface area contributed by atoms with Crippen molar-refractivity contribution in [3.05, 3.63) is 60.2 Å². The van der Waals surface area contributed by atoms with Crippen molar-refractivity contribution in [2.75, 3.05) is 18.5 Å². The van der Waals surface area contributed by atoms with Crippen LogP contribution in [0.1, 0.15) is 5.56 Å². The third kappa shape index (κ3) is 4.59. The Morgan fingerprint density at radius 3 is 2.50 bits per heavy atom. The highest BCUT2D eigenvalue weighted by atomic mass is 19.4. The molecule has 0 unspecified atom stereocenters. The number of rotatable bonds is 6. The first-order valence-electron chi connectivity index (χ1n) is 7.84. The fourth-order valence-electron chi connectivity index (χ4n) is 2.44. The van der Waals surface area contributed by atoms with Crippen LogP contribution in [-0.4, -0.2) is 29.3 Å². The van der Waals surface area contributed by atoms with E-state index in [0.717, 1.165) is 5.56 Å². The molecule has 4 nitrogen and oxygen atoms in total. The van der Waals surface area contributed by atoms with Gasteiger partial charge in [-0.2, -0.15) is 13.2 Å². The van der Waals surface area contributed by atoms with Gasteiger partial charge in [0.1, 0.15) is 29.2 Å². The van der Waals surface area contributed by atoms with E-state index in [4.69, 9.17) is 0 Å². The molecule has 0 saturated carbocycles. The molecule has 0 saturated heterocycles. The van der Waals surface area contributed by atoms with Gasteiger partial charge in [0, 0.05) is 11.9 Å². The Hall–Kier alpha value is -2.90. The van der Waals surface area contributed by atoms with Crippen molar-refractivity contribution in [1.82, 2.24) is 9.97 Å². The fourth-order valence-corrected chi connectivity index (χ4v) is 2.44. The first-order valence-corrected chi connectivity index (χ1v) is 7.84. The maximum Gasteiger partial charge on any atom is 0.422 e. The first-order chi connectivity index (χ1) is 12.4. The second kappa shape index (κ2) is 7.55. The van der Waals surface area contributed by atoms with Crippen LogP contribution < -0.4 is 10.1 Å². The molecule has 2 aromatic carbocycles. The van der Waals surface area contributed by atoms with Crippen molar-refractivity contribution < 1.29 is 22.3 Å². The molecule has 0 aliphatic heterocycles. The molecule has 0 aliphatic rings. The van der Waals surface area contributed by atoms with E-state index in [1.54, 1.807) is 24.3 Å². The van der Waals surface area contributed by atoms with E-state index in [0.29, 0.717) is 24.2 Å².